The molecule has 1 unspecified atom stereocenters. The fourth-order valence-electron chi connectivity index (χ4n) is 4.97. The summed E-state index contributed by atoms with van der Waals surface area (Å²) in [6, 6.07) is 13.5. The lowest BCUT2D eigenvalue weighted by Gasteiger charge is -2.31. The third kappa shape index (κ3) is 9.68. The summed E-state index contributed by atoms with van der Waals surface area (Å²) in [5.41, 5.74) is 2.94. The number of hydrogen-bond acceptors (Lipinski definition) is 8. The van der Waals surface area contributed by atoms with Crippen molar-refractivity contribution in [1.82, 2.24) is 4.90 Å². The molecular weight excluding hydrogens is 566 g/mol. The van der Waals surface area contributed by atoms with Gasteiger partial charge in [0, 0.05) is 26.1 Å². The van der Waals surface area contributed by atoms with Gasteiger partial charge in [0.25, 0.3) is 0 Å². The predicted octanol–water partition coefficient (Wildman–Crippen LogP) is 5.81. The van der Waals surface area contributed by atoms with Crippen molar-refractivity contribution in [3.63, 3.8) is 0 Å². The summed E-state index contributed by atoms with van der Waals surface area (Å²) in [6.07, 6.45) is 5.57. The number of carbonyl (C=O) groups is 1. The van der Waals surface area contributed by atoms with E-state index < -0.39 is 20.6 Å². The first-order chi connectivity index (χ1) is 20.6. The number of ether oxygens (including phenoxy) is 4. The summed E-state index contributed by atoms with van der Waals surface area (Å²) < 4.78 is 49.1. The van der Waals surface area contributed by atoms with E-state index in [4.69, 9.17) is 18.9 Å². The van der Waals surface area contributed by atoms with Gasteiger partial charge in [0.1, 0.15) is 18.1 Å². The number of methoxy groups -OCH3 is 1. The smallest absolute Gasteiger partial charge is 0.328 e. The number of sulfone groups is 1. The number of benzene rings is 2. The zero-order valence-corrected chi connectivity index (χ0v) is 27.1. The number of carbonyl (C=O) groups excluding carboxylic acids is 1. The lowest BCUT2D eigenvalue weighted by molar-refractivity contribution is -0.146. The van der Waals surface area contributed by atoms with E-state index in [2.05, 4.69) is 11.0 Å². The van der Waals surface area contributed by atoms with Crippen LogP contribution in [0.3, 0.4) is 0 Å². The second-order valence-corrected chi connectivity index (χ2v) is 13.4. The van der Waals surface area contributed by atoms with Gasteiger partial charge in [-0.05, 0) is 88.9 Å². The lowest BCUT2D eigenvalue weighted by atomic mass is 9.93. The quantitative estimate of drug-likeness (QED) is 0.173. The molecule has 1 heterocycles. The summed E-state index contributed by atoms with van der Waals surface area (Å²) in [5.74, 6) is 0.455. The summed E-state index contributed by atoms with van der Waals surface area (Å²) in [6.45, 7) is 12.4. The molecule has 0 saturated carbocycles. The van der Waals surface area contributed by atoms with Gasteiger partial charge in [-0.15, -0.1) is 0 Å². The Morgan fingerprint density at radius 2 is 1.63 bits per heavy atom. The van der Waals surface area contributed by atoms with Gasteiger partial charge in [-0.25, -0.2) is 8.42 Å². The molecule has 43 heavy (non-hydrogen) atoms. The van der Waals surface area contributed by atoms with Crippen LogP contribution in [0.25, 0.3) is 0 Å². The molecule has 0 aliphatic carbocycles. The van der Waals surface area contributed by atoms with Crippen LogP contribution in [0.15, 0.2) is 76.7 Å². The van der Waals surface area contributed by atoms with E-state index in [-0.39, 0.29) is 24.3 Å². The van der Waals surface area contributed by atoms with E-state index in [0.29, 0.717) is 23.7 Å². The minimum atomic E-state index is -4.21. The average Bonchev–Trinajstić information content (AvgIpc) is 3.00. The zero-order valence-electron chi connectivity index (χ0n) is 26.3. The number of esters is 1. The first-order valence-corrected chi connectivity index (χ1v) is 16.5. The number of hydrogen-bond donors (Lipinski definition) is 0. The minimum absolute atomic E-state index is 0.0152. The average molecular weight is 614 g/mol. The highest BCUT2D eigenvalue weighted by Crippen LogP contribution is 2.36. The van der Waals surface area contributed by atoms with Gasteiger partial charge in [0.05, 0.1) is 31.8 Å². The summed E-state index contributed by atoms with van der Waals surface area (Å²) >= 11 is 0. The molecule has 0 N–H and O–H groups in total. The zero-order chi connectivity index (χ0) is 31.3. The number of morpholine rings is 1. The van der Waals surface area contributed by atoms with Crippen molar-refractivity contribution in [2.24, 2.45) is 0 Å². The van der Waals surface area contributed by atoms with E-state index in [0.717, 1.165) is 51.3 Å². The van der Waals surface area contributed by atoms with Crippen LogP contribution in [0.1, 0.15) is 52.5 Å². The van der Waals surface area contributed by atoms with E-state index >= 15 is 0 Å². The maximum absolute atomic E-state index is 14.4. The number of allylic oxidation sites excluding steroid dienone is 4. The highest BCUT2D eigenvalue weighted by Gasteiger charge is 2.52. The Balaban J connectivity index is 1.93. The van der Waals surface area contributed by atoms with Crippen LogP contribution < -0.4 is 9.47 Å². The Hall–Kier alpha value is -3.14. The Morgan fingerprint density at radius 1 is 0.977 bits per heavy atom. The van der Waals surface area contributed by atoms with E-state index in [1.807, 2.05) is 51.1 Å². The van der Waals surface area contributed by atoms with Crippen LogP contribution in [-0.2, 0) is 30.5 Å². The lowest BCUT2D eigenvalue weighted by Crippen LogP contribution is -2.49. The molecule has 2 aromatic rings. The predicted molar refractivity (Wildman–Crippen MR) is 169 cm³/mol. The maximum Gasteiger partial charge on any atom is 0.328 e. The molecule has 236 valence electrons. The number of rotatable bonds is 16. The number of nitrogens with zero attached hydrogens (tertiary/aromatic N) is 1. The van der Waals surface area contributed by atoms with E-state index in [9.17, 15) is 13.2 Å². The molecule has 1 aliphatic rings. The van der Waals surface area contributed by atoms with Crippen molar-refractivity contribution in [1.29, 1.82) is 0 Å². The molecule has 0 radical (unpaired) electrons. The summed E-state index contributed by atoms with van der Waals surface area (Å²) in [5, 5.41) is 0. The molecule has 1 fully saturated rings. The second-order valence-electron chi connectivity index (χ2n) is 11.1. The van der Waals surface area contributed by atoms with Crippen LogP contribution in [0.4, 0.5) is 0 Å². The van der Waals surface area contributed by atoms with Crippen LogP contribution in [-0.4, -0.2) is 77.2 Å². The molecule has 1 saturated heterocycles. The van der Waals surface area contributed by atoms with Crippen LogP contribution in [0.2, 0.25) is 0 Å². The molecule has 0 bridgehead atoms. The van der Waals surface area contributed by atoms with Gasteiger partial charge >= 0.3 is 5.97 Å². The second kappa shape index (κ2) is 16.6. The third-order valence-electron chi connectivity index (χ3n) is 7.60. The van der Waals surface area contributed by atoms with Crippen molar-refractivity contribution < 1.29 is 32.2 Å². The molecule has 0 spiro atoms. The Bertz CT molecular complexity index is 1320. The van der Waals surface area contributed by atoms with Crippen molar-refractivity contribution in [2.45, 2.75) is 63.0 Å². The third-order valence-corrected chi connectivity index (χ3v) is 10.00. The monoisotopic (exact) mass is 613 g/mol. The summed E-state index contributed by atoms with van der Waals surface area (Å²) in [4.78, 5) is 16.1. The molecule has 9 heteroatoms. The van der Waals surface area contributed by atoms with Gasteiger partial charge in [-0.2, -0.15) is 0 Å². The topological polar surface area (TPSA) is 91.4 Å². The largest absolute Gasteiger partial charge is 0.497 e. The van der Waals surface area contributed by atoms with E-state index in [1.54, 1.807) is 19.1 Å². The molecule has 1 aliphatic heterocycles. The summed E-state index contributed by atoms with van der Waals surface area (Å²) in [7, 11) is -2.69. The molecular formula is C34H47NO7S. The first kappa shape index (κ1) is 34.4. The molecule has 8 nitrogen and oxygen atoms in total. The van der Waals surface area contributed by atoms with Crippen LogP contribution in [0, 0.1) is 0 Å². The Morgan fingerprint density at radius 3 is 2.23 bits per heavy atom. The van der Waals surface area contributed by atoms with E-state index in [1.165, 1.54) is 24.8 Å². The molecule has 1 atom stereocenters. The molecule has 0 aromatic heterocycles. The van der Waals surface area contributed by atoms with Crippen molar-refractivity contribution in [2.75, 3.05) is 53.2 Å². The first-order valence-electron chi connectivity index (χ1n) is 15.0. The molecule has 0 amide bonds. The van der Waals surface area contributed by atoms with Crippen LogP contribution in [0.5, 0.6) is 11.5 Å². The fraction of sp³-hybridized carbons (Fsp3) is 0.500. The van der Waals surface area contributed by atoms with Gasteiger partial charge in [0.15, 0.2) is 14.6 Å². The minimum Gasteiger partial charge on any atom is -0.497 e. The van der Waals surface area contributed by atoms with Crippen LogP contribution >= 0.6 is 0 Å². The Kier molecular flexibility index (Phi) is 13.3. The van der Waals surface area contributed by atoms with Crippen molar-refractivity contribution in [3.8, 4) is 11.5 Å². The highest BCUT2D eigenvalue weighted by molar-refractivity contribution is 7.93. The highest BCUT2D eigenvalue weighted by atomic mass is 32.2. The van der Waals surface area contributed by atoms with Crippen molar-refractivity contribution in [3.05, 3.63) is 77.4 Å². The normalized spacial score (nSPS) is 15.8. The maximum atomic E-state index is 14.4. The van der Waals surface area contributed by atoms with Gasteiger partial charge in [-0.1, -0.05) is 35.4 Å². The van der Waals surface area contributed by atoms with Crippen molar-refractivity contribution >= 4 is 15.8 Å². The molecule has 3 rings (SSSR count). The molecule has 2 aromatic carbocycles. The fourth-order valence-corrected chi connectivity index (χ4v) is 6.85. The van der Waals surface area contributed by atoms with Gasteiger partial charge in [-0.3, -0.25) is 9.69 Å². The standard InChI is InChI=1S/C34H47NO7S/c1-6-41-33(36)34(19-18-28(4)9-7-8-27(2)3,43(37,38)32-16-14-30(39-5)15-17-32)26-29-10-12-31(13-11-29)42-25-22-35-20-23-40-24-21-35/h8,10-18H,6-7,9,19-26H2,1-5H3. The Labute approximate surface area is 257 Å². The van der Waals surface area contributed by atoms with Gasteiger partial charge < -0.3 is 18.9 Å². The SMILES string of the molecule is CCOC(=O)C(CC=C(C)CCC=C(C)C)(Cc1ccc(OCCN2CCOCC2)cc1)S(=O)(=O)c1ccc(OC)cc1. The van der Waals surface area contributed by atoms with Gasteiger partial charge in [0.2, 0.25) is 0 Å².